The van der Waals surface area contributed by atoms with E-state index in [2.05, 4.69) is 0 Å². The zero-order chi connectivity index (χ0) is 9.14. The molecular weight excluding hydrogens is 150 g/mol. The van der Waals surface area contributed by atoms with Crippen molar-refractivity contribution in [1.29, 1.82) is 0 Å². The zero-order valence-electron chi connectivity index (χ0n) is 7.49. The van der Waals surface area contributed by atoms with Crippen molar-refractivity contribution in [3.05, 3.63) is 29.8 Å². The lowest BCUT2D eigenvalue weighted by molar-refractivity contribution is 0.440. The molecule has 1 aromatic rings. The molecule has 0 aliphatic heterocycles. The predicted molar refractivity (Wildman–Crippen MR) is 49.9 cm³/mol. The Kier molecular flexibility index (Phi) is 2.71. The monoisotopic (exact) mass is 165 g/mol. The van der Waals surface area contributed by atoms with Crippen molar-refractivity contribution in [3.8, 4) is 5.75 Å². The summed E-state index contributed by atoms with van der Waals surface area (Å²) in [5, 5.41) is 9.45. The number of rotatable bonds is 2. The maximum Gasteiger partial charge on any atom is 0.120 e. The molecule has 66 valence electrons. The molecule has 0 saturated carbocycles. The third kappa shape index (κ3) is 1.77. The van der Waals surface area contributed by atoms with E-state index >= 15 is 0 Å². The first-order chi connectivity index (χ1) is 5.63. The van der Waals surface area contributed by atoms with Crippen molar-refractivity contribution in [1.82, 2.24) is 0 Å². The molecule has 0 bridgehead atoms. The molecule has 12 heavy (non-hydrogen) atoms. The molecule has 0 aliphatic rings. The first-order valence-electron chi connectivity index (χ1n) is 4.16. The molecule has 3 N–H and O–H groups in total. The van der Waals surface area contributed by atoms with Crippen LogP contribution < -0.4 is 5.73 Å². The normalized spacial score (nSPS) is 13.3. The van der Waals surface area contributed by atoms with Gasteiger partial charge in [-0.3, -0.25) is 0 Å². The second kappa shape index (κ2) is 3.59. The van der Waals surface area contributed by atoms with E-state index in [4.69, 9.17) is 5.73 Å². The van der Waals surface area contributed by atoms with Gasteiger partial charge in [-0.1, -0.05) is 32.0 Å². The minimum atomic E-state index is -0.0776. The highest BCUT2D eigenvalue weighted by Crippen LogP contribution is 2.26. The summed E-state index contributed by atoms with van der Waals surface area (Å²) in [7, 11) is 0. The van der Waals surface area contributed by atoms with E-state index < -0.39 is 0 Å². The molecule has 1 aromatic carbocycles. The largest absolute Gasteiger partial charge is 0.508 e. The molecule has 0 aromatic heterocycles. The standard InChI is InChI=1S/C10H15NO/c1-7(2)10(11)8-5-3-4-6-9(8)12/h3-7,10,12H,11H2,1-2H3. The predicted octanol–water partition coefficient (Wildman–Crippen LogP) is 2.05. The lowest BCUT2D eigenvalue weighted by Crippen LogP contribution is -2.16. The second-order valence-electron chi connectivity index (χ2n) is 3.33. The summed E-state index contributed by atoms with van der Waals surface area (Å²) in [5.41, 5.74) is 6.70. The van der Waals surface area contributed by atoms with Gasteiger partial charge in [-0.05, 0) is 12.0 Å². The molecule has 0 radical (unpaired) electrons. The van der Waals surface area contributed by atoms with Crippen molar-refractivity contribution in [2.45, 2.75) is 19.9 Å². The Morgan fingerprint density at radius 2 is 1.83 bits per heavy atom. The van der Waals surface area contributed by atoms with E-state index in [9.17, 15) is 5.11 Å². The summed E-state index contributed by atoms with van der Waals surface area (Å²) >= 11 is 0. The molecule has 1 atom stereocenters. The molecule has 0 saturated heterocycles. The summed E-state index contributed by atoms with van der Waals surface area (Å²) in [5.74, 6) is 0.636. The molecule has 0 aliphatic carbocycles. The molecule has 0 heterocycles. The first-order valence-corrected chi connectivity index (χ1v) is 4.16. The Balaban J connectivity index is 2.94. The lowest BCUT2D eigenvalue weighted by Gasteiger charge is -2.16. The van der Waals surface area contributed by atoms with E-state index in [0.717, 1.165) is 5.56 Å². The van der Waals surface area contributed by atoms with Crippen LogP contribution in [-0.2, 0) is 0 Å². The highest BCUT2D eigenvalue weighted by molar-refractivity contribution is 5.34. The molecule has 1 rings (SSSR count). The van der Waals surface area contributed by atoms with Crippen LogP contribution in [0.25, 0.3) is 0 Å². The van der Waals surface area contributed by atoms with Gasteiger partial charge in [0.2, 0.25) is 0 Å². The average molecular weight is 165 g/mol. The number of para-hydroxylation sites is 1. The number of phenols is 1. The average Bonchev–Trinajstić information content (AvgIpc) is 2.04. The molecule has 0 spiro atoms. The van der Waals surface area contributed by atoms with E-state index in [0.29, 0.717) is 11.7 Å². The van der Waals surface area contributed by atoms with Crippen LogP contribution in [-0.4, -0.2) is 5.11 Å². The summed E-state index contributed by atoms with van der Waals surface area (Å²) in [6.07, 6.45) is 0. The smallest absolute Gasteiger partial charge is 0.120 e. The van der Waals surface area contributed by atoms with Crippen molar-refractivity contribution in [2.24, 2.45) is 11.7 Å². The number of nitrogens with two attached hydrogens (primary N) is 1. The van der Waals surface area contributed by atoms with Gasteiger partial charge in [-0.2, -0.15) is 0 Å². The molecule has 1 unspecified atom stereocenters. The minimum absolute atomic E-state index is 0.0776. The van der Waals surface area contributed by atoms with Crippen molar-refractivity contribution < 1.29 is 5.11 Å². The van der Waals surface area contributed by atoms with Gasteiger partial charge < -0.3 is 10.8 Å². The molecule has 0 fully saturated rings. The van der Waals surface area contributed by atoms with Gasteiger partial charge in [0.1, 0.15) is 5.75 Å². The number of phenolic OH excluding ortho intramolecular Hbond substituents is 1. The number of hydrogen-bond acceptors (Lipinski definition) is 2. The Hall–Kier alpha value is -1.02. The van der Waals surface area contributed by atoms with Crippen LogP contribution >= 0.6 is 0 Å². The van der Waals surface area contributed by atoms with Gasteiger partial charge in [0.05, 0.1) is 0 Å². The second-order valence-corrected chi connectivity index (χ2v) is 3.33. The fraction of sp³-hybridized carbons (Fsp3) is 0.400. The van der Waals surface area contributed by atoms with Crippen LogP contribution in [0.4, 0.5) is 0 Å². The zero-order valence-corrected chi connectivity index (χ0v) is 7.49. The Morgan fingerprint density at radius 3 is 2.33 bits per heavy atom. The third-order valence-corrected chi connectivity index (χ3v) is 2.01. The maximum atomic E-state index is 9.45. The summed E-state index contributed by atoms with van der Waals surface area (Å²) in [6, 6.07) is 7.13. The number of benzene rings is 1. The Morgan fingerprint density at radius 1 is 1.25 bits per heavy atom. The van der Waals surface area contributed by atoms with E-state index in [1.54, 1.807) is 12.1 Å². The van der Waals surface area contributed by atoms with E-state index in [1.807, 2.05) is 26.0 Å². The minimum Gasteiger partial charge on any atom is -0.508 e. The Bertz CT molecular complexity index is 258. The van der Waals surface area contributed by atoms with Gasteiger partial charge >= 0.3 is 0 Å². The van der Waals surface area contributed by atoms with E-state index in [1.165, 1.54) is 0 Å². The first kappa shape index (κ1) is 9.07. The van der Waals surface area contributed by atoms with Crippen LogP contribution in [0, 0.1) is 5.92 Å². The molecule has 2 heteroatoms. The van der Waals surface area contributed by atoms with Gasteiger partial charge in [-0.15, -0.1) is 0 Å². The van der Waals surface area contributed by atoms with Crippen LogP contribution in [0.2, 0.25) is 0 Å². The van der Waals surface area contributed by atoms with Gasteiger partial charge in [-0.25, -0.2) is 0 Å². The van der Waals surface area contributed by atoms with Gasteiger partial charge in [0, 0.05) is 11.6 Å². The SMILES string of the molecule is CC(C)C(N)c1ccccc1O. The summed E-state index contributed by atoms with van der Waals surface area (Å²) < 4.78 is 0. The van der Waals surface area contributed by atoms with Crippen LogP contribution in [0.5, 0.6) is 5.75 Å². The van der Waals surface area contributed by atoms with E-state index in [-0.39, 0.29) is 6.04 Å². The van der Waals surface area contributed by atoms with Crippen molar-refractivity contribution in [3.63, 3.8) is 0 Å². The quantitative estimate of drug-likeness (QED) is 0.704. The maximum absolute atomic E-state index is 9.45. The highest BCUT2D eigenvalue weighted by atomic mass is 16.3. The topological polar surface area (TPSA) is 46.2 Å². The highest BCUT2D eigenvalue weighted by Gasteiger charge is 2.12. The van der Waals surface area contributed by atoms with Crippen LogP contribution in [0.3, 0.4) is 0 Å². The molecule has 2 nitrogen and oxygen atoms in total. The fourth-order valence-electron chi connectivity index (χ4n) is 1.13. The molecular formula is C10H15NO. The van der Waals surface area contributed by atoms with Gasteiger partial charge in [0.15, 0.2) is 0 Å². The summed E-state index contributed by atoms with van der Waals surface area (Å²) in [4.78, 5) is 0. The third-order valence-electron chi connectivity index (χ3n) is 2.01. The lowest BCUT2D eigenvalue weighted by atomic mass is 9.96. The molecule has 0 amide bonds. The summed E-state index contributed by atoms with van der Waals surface area (Å²) in [6.45, 7) is 4.08. The van der Waals surface area contributed by atoms with Crippen molar-refractivity contribution in [2.75, 3.05) is 0 Å². The number of hydrogen-bond donors (Lipinski definition) is 2. The fourth-order valence-corrected chi connectivity index (χ4v) is 1.13. The van der Waals surface area contributed by atoms with Gasteiger partial charge in [0.25, 0.3) is 0 Å². The number of aromatic hydroxyl groups is 1. The van der Waals surface area contributed by atoms with Crippen molar-refractivity contribution >= 4 is 0 Å². The van der Waals surface area contributed by atoms with Crippen LogP contribution in [0.1, 0.15) is 25.5 Å². The van der Waals surface area contributed by atoms with Crippen LogP contribution in [0.15, 0.2) is 24.3 Å². The Labute approximate surface area is 73.0 Å².